The van der Waals surface area contributed by atoms with Crippen LogP contribution in [0.3, 0.4) is 0 Å². The number of anilines is 1. The fourth-order valence-corrected chi connectivity index (χ4v) is 2.61. The summed E-state index contributed by atoms with van der Waals surface area (Å²) < 4.78 is 2.21. The molecule has 0 bridgehead atoms. The molecule has 5 heteroatoms. The molecule has 0 saturated carbocycles. The Labute approximate surface area is 124 Å². The average molecular weight is 283 g/mol. The number of imidazole rings is 1. The molecule has 2 heterocycles. The van der Waals surface area contributed by atoms with Crippen molar-refractivity contribution in [2.45, 2.75) is 20.3 Å². The van der Waals surface area contributed by atoms with E-state index in [0.717, 1.165) is 28.9 Å². The first kappa shape index (κ1) is 13.8. The van der Waals surface area contributed by atoms with Gasteiger partial charge in [-0.15, -0.1) is 0 Å². The summed E-state index contributed by atoms with van der Waals surface area (Å²) in [5.74, 6) is 1.38. The molecule has 0 amide bonds. The molecule has 0 saturated heterocycles. The fourth-order valence-electron chi connectivity index (χ4n) is 2.61. The maximum absolute atomic E-state index is 5.59. The Morgan fingerprint density at radius 2 is 2.10 bits per heavy atom. The van der Waals surface area contributed by atoms with Crippen LogP contribution in [0, 0.1) is 5.92 Å². The van der Waals surface area contributed by atoms with Crippen LogP contribution in [0.5, 0.6) is 0 Å². The topological polar surface area (TPSA) is 68.2 Å². The van der Waals surface area contributed by atoms with Gasteiger partial charge in [-0.3, -0.25) is 4.40 Å². The number of fused-ring (bicyclic) bond motifs is 3. The van der Waals surface area contributed by atoms with Crippen molar-refractivity contribution in [2.24, 2.45) is 11.7 Å². The van der Waals surface area contributed by atoms with Crippen molar-refractivity contribution >= 4 is 22.5 Å². The van der Waals surface area contributed by atoms with Gasteiger partial charge in [0.1, 0.15) is 0 Å². The van der Waals surface area contributed by atoms with Crippen molar-refractivity contribution in [3.05, 3.63) is 36.2 Å². The summed E-state index contributed by atoms with van der Waals surface area (Å²) in [4.78, 5) is 9.26. The normalized spacial score (nSPS) is 11.6. The zero-order valence-corrected chi connectivity index (χ0v) is 12.5. The maximum Gasteiger partial charge on any atom is 0.180 e. The molecule has 3 aromatic rings. The third-order valence-corrected chi connectivity index (χ3v) is 3.46. The Kier molecular flexibility index (Phi) is 3.75. The van der Waals surface area contributed by atoms with E-state index in [4.69, 9.17) is 5.73 Å². The van der Waals surface area contributed by atoms with Crippen LogP contribution in [0.4, 0.5) is 5.82 Å². The highest BCUT2D eigenvalue weighted by atomic mass is 15.1. The zero-order valence-electron chi connectivity index (χ0n) is 12.5. The molecule has 0 aliphatic rings. The third-order valence-electron chi connectivity index (χ3n) is 3.46. The second-order valence-corrected chi connectivity index (χ2v) is 5.67. The lowest BCUT2D eigenvalue weighted by atomic mass is 10.1. The summed E-state index contributed by atoms with van der Waals surface area (Å²) >= 11 is 0. The number of hydrogen-bond acceptors (Lipinski definition) is 4. The van der Waals surface area contributed by atoms with Crippen molar-refractivity contribution in [1.82, 2.24) is 14.4 Å². The van der Waals surface area contributed by atoms with Gasteiger partial charge in [-0.25, -0.2) is 9.97 Å². The molecular weight excluding hydrogens is 262 g/mol. The van der Waals surface area contributed by atoms with Crippen molar-refractivity contribution in [2.75, 3.05) is 18.4 Å². The van der Waals surface area contributed by atoms with E-state index in [0.29, 0.717) is 19.0 Å². The van der Waals surface area contributed by atoms with Gasteiger partial charge in [-0.1, -0.05) is 26.0 Å². The first-order valence-electron chi connectivity index (χ1n) is 7.39. The van der Waals surface area contributed by atoms with Gasteiger partial charge in [0.15, 0.2) is 11.5 Å². The molecule has 3 N–H and O–H groups in total. The molecule has 0 aliphatic carbocycles. The Hall–Kier alpha value is -2.14. The second kappa shape index (κ2) is 5.69. The number of hydrogen-bond donors (Lipinski definition) is 2. The quantitative estimate of drug-likeness (QED) is 0.754. The molecule has 0 spiro atoms. The Bertz CT molecular complexity index is 760. The van der Waals surface area contributed by atoms with Gasteiger partial charge in [-0.2, -0.15) is 0 Å². The molecule has 1 aromatic carbocycles. The van der Waals surface area contributed by atoms with E-state index in [9.17, 15) is 0 Å². The largest absolute Gasteiger partial charge is 0.366 e. The summed E-state index contributed by atoms with van der Waals surface area (Å²) in [7, 11) is 0. The molecule has 3 rings (SSSR count). The van der Waals surface area contributed by atoms with Gasteiger partial charge in [-0.05, 0) is 24.5 Å². The number of benzene rings is 1. The number of nitrogens with zero attached hydrogens (tertiary/aromatic N) is 3. The third kappa shape index (κ3) is 2.56. The number of rotatable bonds is 5. The smallest absolute Gasteiger partial charge is 0.180 e. The molecule has 0 radical (unpaired) electrons. The van der Waals surface area contributed by atoms with Crippen molar-refractivity contribution < 1.29 is 0 Å². The van der Waals surface area contributed by atoms with Crippen LogP contribution in [0.25, 0.3) is 16.7 Å². The molecule has 0 atom stereocenters. The standard InChI is InChI=1S/C16H21N5/c1-11(2)9-12-10-19-16-15(18-8-7-17)20-13-5-3-4-6-14(13)21(12)16/h3-6,10-11H,7-9,17H2,1-2H3,(H,18,20). The molecule has 0 unspecified atom stereocenters. The molecule has 0 fully saturated rings. The van der Waals surface area contributed by atoms with Crippen molar-refractivity contribution in [3.8, 4) is 0 Å². The summed E-state index contributed by atoms with van der Waals surface area (Å²) in [6, 6.07) is 8.16. The van der Waals surface area contributed by atoms with Crippen LogP contribution in [0.2, 0.25) is 0 Å². The van der Waals surface area contributed by atoms with E-state index >= 15 is 0 Å². The van der Waals surface area contributed by atoms with Crippen molar-refractivity contribution in [3.63, 3.8) is 0 Å². The summed E-state index contributed by atoms with van der Waals surface area (Å²) in [6.45, 7) is 5.69. The predicted octanol–water partition coefficient (Wildman–Crippen LogP) is 2.45. The first-order valence-corrected chi connectivity index (χ1v) is 7.39. The summed E-state index contributed by atoms with van der Waals surface area (Å²) in [5.41, 5.74) is 9.74. The fraction of sp³-hybridized carbons (Fsp3) is 0.375. The van der Waals surface area contributed by atoms with Gasteiger partial charge in [0.25, 0.3) is 0 Å². The van der Waals surface area contributed by atoms with E-state index in [-0.39, 0.29) is 0 Å². The van der Waals surface area contributed by atoms with E-state index in [1.807, 2.05) is 24.4 Å². The number of para-hydroxylation sites is 2. The number of aromatic nitrogens is 3. The van der Waals surface area contributed by atoms with Crippen molar-refractivity contribution in [1.29, 1.82) is 0 Å². The van der Waals surface area contributed by atoms with Gasteiger partial charge in [0.2, 0.25) is 0 Å². The van der Waals surface area contributed by atoms with Gasteiger partial charge in [0.05, 0.1) is 11.0 Å². The van der Waals surface area contributed by atoms with E-state index in [1.54, 1.807) is 0 Å². The minimum atomic E-state index is 0.570. The van der Waals surface area contributed by atoms with Crippen LogP contribution in [0.15, 0.2) is 30.5 Å². The summed E-state index contributed by atoms with van der Waals surface area (Å²) in [6.07, 6.45) is 2.95. The van der Waals surface area contributed by atoms with Gasteiger partial charge < -0.3 is 11.1 Å². The predicted molar refractivity (Wildman–Crippen MR) is 86.6 cm³/mol. The highest BCUT2D eigenvalue weighted by Gasteiger charge is 2.13. The van der Waals surface area contributed by atoms with E-state index in [2.05, 4.69) is 39.6 Å². The van der Waals surface area contributed by atoms with Crippen LogP contribution in [0.1, 0.15) is 19.5 Å². The lowest BCUT2D eigenvalue weighted by Gasteiger charge is -2.11. The first-order chi connectivity index (χ1) is 10.2. The Morgan fingerprint density at radius 3 is 2.86 bits per heavy atom. The monoisotopic (exact) mass is 283 g/mol. The Balaban J connectivity index is 2.25. The summed E-state index contributed by atoms with van der Waals surface area (Å²) in [5, 5.41) is 3.28. The Morgan fingerprint density at radius 1 is 1.29 bits per heavy atom. The van der Waals surface area contributed by atoms with Crippen LogP contribution in [-0.2, 0) is 6.42 Å². The minimum absolute atomic E-state index is 0.570. The van der Waals surface area contributed by atoms with Gasteiger partial charge in [0, 0.05) is 25.0 Å². The second-order valence-electron chi connectivity index (χ2n) is 5.67. The maximum atomic E-state index is 5.59. The average Bonchev–Trinajstić information content (AvgIpc) is 2.88. The van der Waals surface area contributed by atoms with Crippen LogP contribution in [-0.4, -0.2) is 27.5 Å². The van der Waals surface area contributed by atoms with E-state index in [1.165, 1.54) is 5.69 Å². The number of nitrogens with two attached hydrogens (primary N) is 1. The lowest BCUT2D eigenvalue weighted by Crippen LogP contribution is -2.15. The van der Waals surface area contributed by atoms with E-state index < -0.39 is 0 Å². The molecule has 21 heavy (non-hydrogen) atoms. The highest BCUT2D eigenvalue weighted by molar-refractivity contribution is 5.83. The lowest BCUT2D eigenvalue weighted by molar-refractivity contribution is 0.634. The van der Waals surface area contributed by atoms with Crippen LogP contribution < -0.4 is 11.1 Å². The molecule has 0 aliphatic heterocycles. The molecular formula is C16H21N5. The molecule has 110 valence electrons. The van der Waals surface area contributed by atoms with Crippen LogP contribution >= 0.6 is 0 Å². The highest BCUT2D eigenvalue weighted by Crippen LogP contribution is 2.23. The van der Waals surface area contributed by atoms with Gasteiger partial charge >= 0.3 is 0 Å². The molecule has 2 aromatic heterocycles. The minimum Gasteiger partial charge on any atom is -0.366 e. The SMILES string of the molecule is CC(C)Cc1cnc2c(NCCN)nc3ccccc3n12. The zero-order chi connectivity index (χ0) is 14.8. The number of nitrogens with one attached hydrogen (secondary N) is 1. The molecule has 5 nitrogen and oxygen atoms in total.